The second-order valence-corrected chi connectivity index (χ2v) is 4.82. The van der Waals surface area contributed by atoms with E-state index in [0.717, 1.165) is 16.8 Å². The number of nitrogen functional groups attached to an aromatic ring is 1. The van der Waals surface area contributed by atoms with E-state index in [-0.39, 0.29) is 5.69 Å². The number of pyridine rings is 1. The smallest absolute Gasteiger partial charge is 0.354 e. The zero-order chi connectivity index (χ0) is 14.9. The molecule has 0 amide bonds. The Bertz CT molecular complexity index is 648. The SMILES string of the molecule is Cc1cc(C)cc(N(C)c2nc(C(=O)O)ccc2N)c1. The van der Waals surface area contributed by atoms with Crippen LogP contribution < -0.4 is 10.6 Å². The second kappa shape index (κ2) is 5.21. The first-order valence-corrected chi connectivity index (χ1v) is 6.20. The number of carboxylic acid groups (broad SMARTS) is 1. The van der Waals surface area contributed by atoms with Gasteiger partial charge in [-0.3, -0.25) is 0 Å². The monoisotopic (exact) mass is 271 g/mol. The van der Waals surface area contributed by atoms with Gasteiger partial charge in [0.2, 0.25) is 0 Å². The van der Waals surface area contributed by atoms with Crippen molar-refractivity contribution < 1.29 is 9.90 Å². The van der Waals surface area contributed by atoms with Crippen molar-refractivity contribution in [3.8, 4) is 0 Å². The molecule has 20 heavy (non-hydrogen) atoms. The standard InChI is InChI=1S/C15H17N3O2/c1-9-6-10(2)8-11(7-9)18(3)14-12(16)4-5-13(17-14)15(19)20/h4-8H,16H2,1-3H3,(H,19,20). The van der Waals surface area contributed by atoms with Gasteiger partial charge in [-0.1, -0.05) is 6.07 Å². The number of carboxylic acids is 1. The topological polar surface area (TPSA) is 79.5 Å². The van der Waals surface area contributed by atoms with Gasteiger partial charge in [-0.05, 0) is 49.2 Å². The number of aromatic carboxylic acids is 1. The highest BCUT2D eigenvalue weighted by Gasteiger charge is 2.13. The molecule has 2 rings (SSSR count). The molecule has 0 saturated carbocycles. The lowest BCUT2D eigenvalue weighted by molar-refractivity contribution is 0.0690. The molecule has 3 N–H and O–H groups in total. The average Bonchev–Trinajstić information content (AvgIpc) is 2.37. The Labute approximate surface area is 117 Å². The number of rotatable bonds is 3. The molecule has 0 aliphatic heterocycles. The Balaban J connectivity index is 2.49. The van der Waals surface area contributed by atoms with Gasteiger partial charge in [0.15, 0.2) is 11.5 Å². The summed E-state index contributed by atoms with van der Waals surface area (Å²) in [6.45, 7) is 4.02. The summed E-state index contributed by atoms with van der Waals surface area (Å²) < 4.78 is 0. The Morgan fingerprint density at radius 2 is 1.80 bits per heavy atom. The number of benzene rings is 1. The number of aryl methyl sites for hydroxylation is 2. The summed E-state index contributed by atoms with van der Waals surface area (Å²) in [7, 11) is 1.82. The molecule has 1 aromatic carbocycles. The van der Waals surface area contributed by atoms with E-state index in [9.17, 15) is 4.79 Å². The molecule has 1 aromatic heterocycles. The van der Waals surface area contributed by atoms with Crippen LogP contribution in [0.2, 0.25) is 0 Å². The number of aromatic nitrogens is 1. The van der Waals surface area contributed by atoms with Crippen LogP contribution in [0.5, 0.6) is 0 Å². The summed E-state index contributed by atoms with van der Waals surface area (Å²) in [6, 6.07) is 9.03. The van der Waals surface area contributed by atoms with Gasteiger partial charge in [-0.15, -0.1) is 0 Å². The maximum Gasteiger partial charge on any atom is 0.354 e. The van der Waals surface area contributed by atoms with E-state index in [1.54, 1.807) is 11.0 Å². The minimum Gasteiger partial charge on any atom is -0.477 e. The van der Waals surface area contributed by atoms with Crippen LogP contribution >= 0.6 is 0 Å². The molecule has 5 nitrogen and oxygen atoms in total. The zero-order valence-corrected chi connectivity index (χ0v) is 11.7. The molecule has 0 atom stereocenters. The molecule has 0 spiro atoms. The molecule has 1 heterocycles. The van der Waals surface area contributed by atoms with Crippen LogP contribution in [-0.2, 0) is 0 Å². The first-order valence-electron chi connectivity index (χ1n) is 6.20. The van der Waals surface area contributed by atoms with Crippen LogP contribution in [0.25, 0.3) is 0 Å². The fourth-order valence-corrected chi connectivity index (χ4v) is 2.11. The summed E-state index contributed by atoms with van der Waals surface area (Å²) in [5.41, 5.74) is 9.50. The van der Waals surface area contributed by atoms with Crippen molar-refractivity contribution in [1.29, 1.82) is 0 Å². The predicted molar refractivity (Wildman–Crippen MR) is 79.6 cm³/mol. The summed E-state index contributed by atoms with van der Waals surface area (Å²) in [5.74, 6) is -0.630. The minimum atomic E-state index is -1.07. The number of carbonyl (C=O) groups is 1. The number of hydrogen-bond acceptors (Lipinski definition) is 4. The van der Waals surface area contributed by atoms with Gasteiger partial charge >= 0.3 is 5.97 Å². The van der Waals surface area contributed by atoms with E-state index in [1.165, 1.54) is 6.07 Å². The third kappa shape index (κ3) is 2.71. The van der Waals surface area contributed by atoms with Crippen LogP contribution in [0.15, 0.2) is 30.3 Å². The Morgan fingerprint density at radius 3 is 2.35 bits per heavy atom. The van der Waals surface area contributed by atoms with Crippen molar-refractivity contribution in [1.82, 2.24) is 4.98 Å². The predicted octanol–water partition coefficient (Wildman–Crippen LogP) is 2.75. The fourth-order valence-electron chi connectivity index (χ4n) is 2.11. The number of anilines is 3. The number of nitrogens with two attached hydrogens (primary N) is 1. The molecule has 2 aromatic rings. The second-order valence-electron chi connectivity index (χ2n) is 4.82. The van der Waals surface area contributed by atoms with Gasteiger partial charge in [-0.2, -0.15) is 0 Å². The van der Waals surface area contributed by atoms with E-state index >= 15 is 0 Å². The van der Waals surface area contributed by atoms with E-state index in [0.29, 0.717) is 11.5 Å². The molecule has 0 fully saturated rings. The van der Waals surface area contributed by atoms with Gasteiger partial charge in [0, 0.05) is 12.7 Å². The summed E-state index contributed by atoms with van der Waals surface area (Å²) >= 11 is 0. The Kier molecular flexibility index (Phi) is 3.61. The molecule has 0 aliphatic carbocycles. The van der Waals surface area contributed by atoms with Crippen molar-refractivity contribution in [2.45, 2.75) is 13.8 Å². The quantitative estimate of drug-likeness (QED) is 0.897. The zero-order valence-electron chi connectivity index (χ0n) is 11.7. The molecule has 0 unspecified atom stereocenters. The number of nitrogens with zero attached hydrogens (tertiary/aromatic N) is 2. The molecular weight excluding hydrogens is 254 g/mol. The Hall–Kier alpha value is -2.56. The van der Waals surface area contributed by atoms with Crippen LogP contribution in [0, 0.1) is 13.8 Å². The first kappa shape index (κ1) is 13.9. The van der Waals surface area contributed by atoms with Crippen LogP contribution in [-0.4, -0.2) is 23.1 Å². The Morgan fingerprint density at radius 1 is 1.20 bits per heavy atom. The molecule has 0 aliphatic rings. The van der Waals surface area contributed by atoms with Crippen molar-refractivity contribution in [3.63, 3.8) is 0 Å². The lowest BCUT2D eigenvalue weighted by Gasteiger charge is -2.21. The molecular formula is C15H17N3O2. The van der Waals surface area contributed by atoms with Crippen molar-refractivity contribution in [2.75, 3.05) is 17.7 Å². The largest absolute Gasteiger partial charge is 0.477 e. The summed E-state index contributed by atoms with van der Waals surface area (Å²) in [4.78, 5) is 16.9. The van der Waals surface area contributed by atoms with Gasteiger partial charge in [0.05, 0.1) is 5.69 Å². The minimum absolute atomic E-state index is 0.0228. The van der Waals surface area contributed by atoms with Crippen molar-refractivity contribution in [2.24, 2.45) is 0 Å². The third-order valence-electron chi connectivity index (χ3n) is 3.04. The molecule has 5 heteroatoms. The molecule has 0 saturated heterocycles. The van der Waals surface area contributed by atoms with Gasteiger partial charge in [-0.25, -0.2) is 9.78 Å². The maximum atomic E-state index is 11.0. The highest BCUT2D eigenvalue weighted by Crippen LogP contribution is 2.28. The lowest BCUT2D eigenvalue weighted by Crippen LogP contribution is -2.15. The fraction of sp³-hybridized carbons (Fsp3) is 0.200. The lowest BCUT2D eigenvalue weighted by atomic mass is 10.1. The van der Waals surface area contributed by atoms with Crippen molar-refractivity contribution in [3.05, 3.63) is 47.2 Å². The van der Waals surface area contributed by atoms with Gasteiger partial charge in [0.25, 0.3) is 0 Å². The first-order chi connectivity index (χ1) is 9.38. The van der Waals surface area contributed by atoms with E-state index in [1.807, 2.05) is 33.0 Å². The van der Waals surface area contributed by atoms with Gasteiger partial charge in [0.1, 0.15) is 0 Å². The van der Waals surface area contributed by atoms with E-state index in [2.05, 4.69) is 11.1 Å². The maximum absolute atomic E-state index is 11.0. The van der Waals surface area contributed by atoms with E-state index in [4.69, 9.17) is 10.8 Å². The summed E-state index contributed by atoms with van der Waals surface area (Å²) in [5, 5.41) is 9.02. The van der Waals surface area contributed by atoms with Crippen LogP contribution in [0.3, 0.4) is 0 Å². The van der Waals surface area contributed by atoms with Crippen LogP contribution in [0.1, 0.15) is 21.6 Å². The molecule has 0 bridgehead atoms. The van der Waals surface area contributed by atoms with E-state index < -0.39 is 5.97 Å². The normalized spacial score (nSPS) is 10.3. The average molecular weight is 271 g/mol. The number of hydrogen-bond donors (Lipinski definition) is 2. The highest BCUT2D eigenvalue weighted by atomic mass is 16.4. The molecule has 0 radical (unpaired) electrons. The summed E-state index contributed by atoms with van der Waals surface area (Å²) in [6.07, 6.45) is 0. The van der Waals surface area contributed by atoms with Crippen molar-refractivity contribution >= 4 is 23.2 Å². The highest BCUT2D eigenvalue weighted by molar-refractivity contribution is 5.87. The van der Waals surface area contributed by atoms with Gasteiger partial charge < -0.3 is 15.7 Å². The molecule has 104 valence electrons. The van der Waals surface area contributed by atoms with Crippen LogP contribution in [0.4, 0.5) is 17.2 Å². The third-order valence-corrected chi connectivity index (χ3v) is 3.04.